The predicted molar refractivity (Wildman–Crippen MR) is 118 cm³/mol. The number of carbonyl (C=O) groups is 1. The average Bonchev–Trinajstić information content (AvgIpc) is 3.15. The minimum atomic E-state index is -3.62. The summed E-state index contributed by atoms with van der Waals surface area (Å²) >= 11 is 0. The highest BCUT2D eigenvalue weighted by Gasteiger charge is 2.30. The van der Waals surface area contributed by atoms with Crippen molar-refractivity contribution in [1.29, 1.82) is 0 Å². The van der Waals surface area contributed by atoms with E-state index in [1.807, 2.05) is 26.0 Å². The fourth-order valence-electron chi connectivity index (χ4n) is 3.97. The second-order valence-corrected chi connectivity index (χ2v) is 9.73. The van der Waals surface area contributed by atoms with Crippen molar-refractivity contribution in [3.63, 3.8) is 0 Å². The van der Waals surface area contributed by atoms with Gasteiger partial charge in [-0.1, -0.05) is 37.3 Å². The van der Waals surface area contributed by atoms with Crippen LogP contribution in [-0.4, -0.2) is 26.6 Å². The van der Waals surface area contributed by atoms with E-state index in [2.05, 4.69) is 23.5 Å². The first-order chi connectivity index (χ1) is 13.7. The lowest BCUT2D eigenvalue weighted by atomic mass is 10.0. The van der Waals surface area contributed by atoms with Crippen LogP contribution in [0.1, 0.15) is 55.5 Å². The Bertz CT molecular complexity index is 984. The van der Waals surface area contributed by atoms with E-state index >= 15 is 0 Å². The van der Waals surface area contributed by atoms with Crippen molar-refractivity contribution in [3.8, 4) is 0 Å². The SMILES string of the molecule is CCc1ccc(N([C@H](C)C(=O)N[C@@H](C)c2ccc3c(c2)CCC3)S(C)(=O)=O)cc1. The Morgan fingerprint density at radius 2 is 1.72 bits per heavy atom. The summed E-state index contributed by atoms with van der Waals surface area (Å²) in [5, 5.41) is 2.99. The lowest BCUT2D eigenvalue weighted by molar-refractivity contribution is -0.122. The van der Waals surface area contributed by atoms with E-state index in [1.54, 1.807) is 19.1 Å². The molecule has 5 nitrogen and oxygen atoms in total. The van der Waals surface area contributed by atoms with Gasteiger partial charge >= 0.3 is 0 Å². The van der Waals surface area contributed by atoms with E-state index in [1.165, 1.54) is 21.9 Å². The molecule has 1 N–H and O–H groups in total. The quantitative estimate of drug-likeness (QED) is 0.750. The minimum absolute atomic E-state index is 0.195. The van der Waals surface area contributed by atoms with E-state index < -0.39 is 16.1 Å². The van der Waals surface area contributed by atoms with Crippen LogP contribution in [0.5, 0.6) is 0 Å². The predicted octanol–water partition coefficient (Wildman–Crippen LogP) is 3.77. The zero-order chi connectivity index (χ0) is 21.2. The molecule has 2 aromatic rings. The van der Waals surface area contributed by atoms with Gasteiger partial charge in [0.25, 0.3) is 0 Å². The number of benzene rings is 2. The molecule has 0 aliphatic heterocycles. The second-order valence-electron chi connectivity index (χ2n) is 7.87. The molecule has 0 aromatic heterocycles. The monoisotopic (exact) mass is 414 g/mol. The van der Waals surface area contributed by atoms with Gasteiger partial charge in [0.2, 0.25) is 15.9 Å². The number of fused-ring (bicyclic) bond motifs is 1. The Morgan fingerprint density at radius 1 is 1.07 bits per heavy atom. The molecule has 1 aliphatic carbocycles. The highest BCUT2D eigenvalue weighted by Crippen LogP contribution is 2.26. The average molecular weight is 415 g/mol. The maximum atomic E-state index is 12.9. The first-order valence-electron chi connectivity index (χ1n) is 10.2. The highest BCUT2D eigenvalue weighted by atomic mass is 32.2. The first kappa shape index (κ1) is 21.4. The zero-order valence-corrected chi connectivity index (χ0v) is 18.4. The third-order valence-electron chi connectivity index (χ3n) is 5.67. The molecule has 0 saturated carbocycles. The Labute approximate surface area is 174 Å². The minimum Gasteiger partial charge on any atom is -0.348 e. The number of rotatable bonds is 7. The molecule has 1 amide bonds. The van der Waals surface area contributed by atoms with Gasteiger partial charge in [-0.15, -0.1) is 0 Å². The molecule has 2 atom stereocenters. The van der Waals surface area contributed by atoms with Gasteiger partial charge < -0.3 is 5.32 Å². The van der Waals surface area contributed by atoms with Gasteiger partial charge in [0.15, 0.2) is 0 Å². The van der Waals surface area contributed by atoms with Crippen molar-refractivity contribution < 1.29 is 13.2 Å². The van der Waals surface area contributed by atoms with E-state index in [0.717, 1.165) is 36.6 Å². The Balaban J connectivity index is 1.78. The number of amides is 1. The van der Waals surface area contributed by atoms with Crippen molar-refractivity contribution in [1.82, 2.24) is 5.32 Å². The number of sulfonamides is 1. The van der Waals surface area contributed by atoms with Crippen LogP contribution in [0.25, 0.3) is 0 Å². The van der Waals surface area contributed by atoms with Gasteiger partial charge in [-0.05, 0) is 73.9 Å². The summed E-state index contributed by atoms with van der Waals surface area (Å²) in [6.07, 6.45) is 5.38. The molecule has 0 fully saturated rings. The maximum Gasteiger partial charge on any atom is 0.244 e. The van der Waals surface area contributed by atoms with Crippen molar-refractivity contribution in [2.75, 3.05) is 10.6 Å². The van der Waals surface area contributed by atoms with Crippen LogP contribution in [0, 0.1) is 0 Å². The summed E-state index contributed by atoms with van der Waals surface area (Å²) in [7, 11) is -3.62. The molecule has 0 spiro atoms. The number of nitrogens with zero attached hydrogens (tertiary/aromatic N) is 1. The van der Waals surface area contributed by atoms with Crippen LogP contribution in [0.2, 0.25) is 0 Å². The topological polar surface area (TPSA) is 66.5 Å². The van der Waals surface area contributed by atoms with Gasteiger partial charge in [0, 0.05) is 0 Å². The van der Waals surface area contributed by atoms with Crippen molar-refractivity contribution >= 4 is 21.6 Å². The Kier molecular flexibility index (Phi) is 6.32. The van der Waals surface area contributed by atoms with Crippen molar-refractivity contribution in [2.45, 2.75) is 58.5 Å². The second kappa shape index (κ2) is 8.57. The normalized spacial score (nSPS) is 15.4. The zero-order valence-electron chi connectivity index (χ0n) is 17.6. The number of hydrogen-bond donors (Lipinski definition) is 1. The molecule has 0 saturated heterocycles. The van der Waals surface area contributed by atoms with Crippen LogP contribution in [-0.2, 0) is 34.1 Å². The van der Waals surface area contributed by atoms with Crippen LogP contribution >= 0.6 is 0 Å². The fourth-order valence-corrected chi connectivity index (χ4v) is 5.14. The molecular formula is C23H30N2O3S. The fraction of sp³-hybridized carbons (Fsp3) is 0.435. The van der Waals surface area contributed by atoms with Crippen LogP contribution in [0.3, 0.4) is 0 Å². The lowest BCUT2D eigenvalue weighted by Gasteiger charge is -2.29. The largest absolute Gasteiger partial charge is 0.348 e. The molecule has 0 bridgehead atoms. The maximum absolute atomic E-state index is 12.9. The lowest BCUT2D eigenvalue weighted by Crippen LogP contribution is -2.48. The number of carbonyl (C=O) groups excluding carboxylic acids is 1. The summed E-state index contributed by atoms with van der Waals surface area (Å²) in [5.41, 5.74) is 5.40. The summed E-state index contributed by atoms with van der Waals surface area (Å²) in [6.45, 7) is 5.60. The van der Waals surface area contributed by atoms with Gasteiger partial charge in [-0.25, -0.2) is 8.42 Å². The standard InChI is InChI=1S/C23H30N2O3S/c1-5-18-9-13-22(14-10-18)25(29(4,27)28)17(3)23(26)24-16(2)20-12-11-19-7-6-8-21(19)15-20/h9-17H,5-8H2,1-4H3,(H,24,26)/t16-,17+/m0/s1. The summed E-state index contributed by atoms with van der Waals surface area (Å²) < 4.78 is 26.1. The van der Waals surface area contributed by atoms with Crippen LogP contribution < -0.4 is 9.62 Å². The molecule has 0 radical (unpaired) electrons. The molecule has 3 rings (SSSR count). The smallest absolute Gasteiger partial charge is 0.244 e. The van der Waals surface area contributed by atoms with E-state index in [0.29, 0.717) is 5.69 Å². The first-order valence-corrected chi connectivity index (χ1v) is 12.1. The van der Waals surface area contributed by atoms with Crippen LogP contribution in [0.4, 0.5) is 5.69 Å². The third kappa shape index (κ3) is 4.81. The van der Waals surface area contributed by atoms with Crippen LogP contribution in [0.15, 0.2) is 42.5 Å². The molecule has 0 unspecified atom stereocenters. The number of aryl methyl sites for hydroxylation is 3. The summed E-state index contributed by atoms with van der Waals surface area (Å²) in [5.74, 6) is -0.317. The van der Waals surface area contributed by atoms with Gasteiger partial charge in [0.05, 0.1) is 18.0 Å². The van der Waals surface area contributed by atoms with Crippen molar-refractivity contribution in [2.24, 2.45) is 0 Å². The van der Waals surface area contributed by atoms with Gasteiger partial charge in [-0.2, -0.15) is 0 Å². The molecule has 156 valence electrons. The summed E-state index contributed by atoms with van der Waals surface area (Å²) in [6, 6.07) is 12.6. The van der Waals surface area contributed by atoms with Gasteiger partial charge in [0.1, 0.15) is 6.04 Å². The molecule has 6 heteroatoms. The Morgan fingerprint density at radius 3 is 2.34 bits per heavy atom. The van der Waals surface area contributed by atoms with Crippen molar-refractivity contribution in [3.05, 3.63) is 64.7 Å². The highest BCUT2D eigenvalue weighted by molar-refractivity contribution is 7.92. The Hall–Kier alpha value is -2.34. The molecular weight excluding hydrogens is 384 g/mol. The third-order valence-corrected chi connectivity index (χ3v) is 6.91. The van der Waals surface area contributed by atoms with E-state index in [9.17, 15) is 13.2 Å². The number of hydrogen-bond acceptors (Lipinski definition) is 3. The van der Waals surface area contributed by atoms with E-state index in [4.69, 9.17) is 0 Å². The molecule has 29 heavy (non-hydrogen) atoms. The number of nitrogens with one attached hydrogen (secondary N) is 1. The van der Waals surface area contributed by atoms with E-state index in [-0.39, 0.29) is 11.9 Å². The molecule has 1 aliphatic rings. The number of anilines is 1. The molecule has 2 aromatic carbocycles. The summed E-state index contributed by atoms with van der Waals surface area (Å²) in [4.78, 5) is 12.9. The molecule has 0 heterocycles. The van der Waals surface area contributed by atoms with Gasteiger partial charge in [-0.3, -0.25) is 9.10 Å².